The minimum absolute atomic E-state index is 0. The summed E-state index contributed by atoms with van der Waals surface area (Å²) in [6, 6.07) is 0.431. The van der Waals surface area contributed by atoms with Gasteiger partial charge < -0.3 is 20.1 Å². The van der Waals surface area contributed by atoms with E-state index in [1.54, 1.807) is 0 Å². The Morgan fingerprint density at radius 3 is 2.52 bits per heavy atom. The molecule has 1 aromatic heterocycles. The van der Waals surface area contributed by atoms with Crippen LogP contribution in [-0.4, -0.2) is 78.7 Å². The maximum Gasteiger partial charge on any atom is 0.234 e. The van der Waals surface area contributed by atoms with Crippen molar-refractivity contribution in [2.45, 2.75) is 52.5 Å². The molecule has 1 aliphatic heterocycles. The molecule has 1 saturated heterocycles. The summed E-state index contributed by atoms with van der Waals surface area (Å²) in [7, 11) is 0. The highest BCUT2D eigenvalue weighted by atomic mass is 127. The van der Waals surface area contributed by atoms with Crippen molar-refractivity contribution in [1.29, 1.82) is 0 Å². The van der Waals surface area contributed by atoms with Crippen LogP contribution in [0.25, 0.3) is 0 Å². The first-order valence-corrected chi connectivity index (χ1v) is 10.5. The smallest absolute Gasteiger partial charge is 0.234 e. The molecule has 2 N–H and O–H groups in total. The second-order valence-electron chi connectivity index (χ2n) is 7.94. The number of aryl methyl sites for hydroxylation is 2. The monoisotopic (exact) mass is 518 g/mol. The maximum absolute atomic E-state index is 12.0. The van der Waals surface area contributed by atoms with Gasteiger partial charge in [-0.05, 0) is 33.6 Å². The van der Waals surface area contributed by atoms with Crippen LogP contribution in [0.4, 0.5) is 0 Å². The molecule has 2 heterocycles. The van der Waals surface area contributed by atoms with E-state index in [9.17, 15) is 4.79 Å². The number of aliphatic imine (C=N–C) groups is 1. The first kappa shape index (κ1) is 23.9. The average Bonchev–Trinajstić information content (AvgIpc) is 3.41. The van der Waals surface area contributed by atoms with Crippen molar-refractivity contribution in [3.05, 3.63) is 17.0 Å². The number of halogens is 1. The lowest BCUT2D eigenvalue weighted by molar-refractivity contribution is -0.122. The van der Waals surface area contributed by atoms with E-state index in [1.165, 1.54) is 0 Å². The normalized spacial score (nSPS) is 18.9. The van der Waals surface area contributed by atoms with Crippen LogP contribution in [0.3, 0.4) is 0 Å². The number of hydrogen-bond donors (Lipinski definition) is 2. The Hall–Kier alpha value is -1.36. The molecule has 1 saturated carbocycles. The van der Waals surface area contributed by atoms with E-state index in [4.69, 9.17) is 9.52 Å². The summed E-state index contributed by atoms with van der Waals surface area (Å²) < 4.78 is 5.30. The molecule has 8 nitrogen and oxygen atoms in total. The first-order chi connectivity index (χ1) is 13.5. The third-order valence-corrected chi connectivity index (χ3v) is 5.41. The molecular weight excluding hydrogens is 483 g/mol. The number of hydrogen-bond acceptors (Lipinski definition) is 5. The van der Waals surface area contributed by atoms with Crippen molar-refractivity contribution >= 4 is 35.8 Å². The SMILES string of the molecule is CCNC(=NCC(C)c1c(C)noc1C)N1CCN(CC(=O)NC2CC2)CC1.I. The molecule has 2 aliphatic rings. The van der Waals surface area contributed by atoms with Crippen LogP contribution in [0.2, 0.25) is 0 Å². The van der Waals surface area contributed by atoms with E-state index >= 15 is 0 Å². The van der Waals surface area contributed by atoms with Gasteiger partial charge in [0, 0.05) is 56.8 Å². The van der Waals surface area contributed by atoms with Gasteiger partial charge in [-0.2, -0.15) is 0 Å². The molecule has 1 atom stereocenters. The standard InChI is InChI=1S/C20H34N6O2.HI/c1-5-21-20(22-12-14(2)19-15(3)24-28-16(19)4)26-10-8-25(9-11-26)13-18(27)23-17-6-7-17;/h14,17H,5-13H2,1-4H3,(H,21,22)(H,23,27);1H. The van der Waals surface area contributed by atoms with Gasteiger partial charge in [-0.25, -0.2) is 0 Å². The predicted molar refractivity (Wildman–Crippen MR) is 125 cm³/mol. The summed E-state index contributed by atoms with van der Waals surface area (Å²) in [5.74, 6) is 2.24. The Kier molecular flexibility index (Phi) is 9.19. The number of aromatic nitrogens is 1. The van der Waals surface area contributed by atoms with Gasteiger partial charge in [0.1, 0.15) is 5.76 Å². The highest BCUT2D eigenvalue weighted by Crippen LogP contribution is 2.23. The molecule has 164 valence electrons. The summed E-state index contributed by atoms with van der Waals surface area (Å²) in [5, 5.41) is 10.5. The number of rotatable bonds is 7. The molecule has 1 aliphatic carbocycles. The highest BCUT2D eigenvalue weighted by Gasteiger charge is 2.26. The van der Waals surface area contributed by atoms with Gasteiger partial charge in [-0.15, -0.1) is 24.0 Å². The Bertz CT molecular complexity index is 676. The number of guanidine groups is 1. The number of carbonyl (C=O) groups is 1. The van der Waals surface area contributed by atoms with Crippen LogP contribution in [0.5, 0.6) is 0 Å². The van der Waals surface area contributed by atoms with E-state index in [0.717, 1.165) is 68.5 Å². The molecule has 3 rings (SSSR count). The van der Waals surface area contributed by atoms with Crippen molar-refractivity contribution in [1.82, 2.24) is 25.6 Å². The molecule has 1 aromatic rings. The minimum Gasteiger partial charge on any atom is -0.361 e. The lowest BCUT2D eigenvalue weighted by atomic mass is 10.00. The summed E-state index contributed by atoms with van der Waals surface area (Å²) >= 11 is 0. The zero-order valence-corrected chi connectivity index (χ0v) is 20.4. The Morgan fingerprint density at radius 1 is 1.28 bits per heavy atom. The number of amides is 1. The molecule has 1 unspecified atom stereocenters. The third-order valence-electron chi connectivity index (χ3n) is 5.41. The van der Waals surface area contributed by atoms with Crippen molar-refractivity contribution in [2.75, 3.05) is 45.8 Å². The topological polar surface area (TPSA) is 86.0 Å². The number of nitrogens with zero attached hydrogens (tertiary/aromatic N) is 4. The van der Waals surface area contributed by atoms with E-state index in [-0.39, 0.29) is 35.8 Å². The van der Waals surface area contributed by atoms with Crippen LogP contribution in [0.1, 0.15) is 49.6 Å². The van der Waals surface area contributed by atoms with Crippen molar-refractivity contribution < 1.29 is 9.32 Å². The molecule has 2 fully saturated rings. The Labute approximate surface area is 190 Å². The summed E-state index contributed by atoms with van der Waals surface area (Å²) in [4.78, 5) is 21.4. The van der Waals surface area contributed by atoms with Gasteiger partial charge in [0.15, 0.2) is 5.96 Å². The first-order valence-electron chi connectivity index (χ1n) is 10.5. The molecule has 0 bridgehead atoms. The number of carbonyl (C=O) groups excluding carboxylic acids is 1. The van der Waals surface area contributed by atoms with Crippen molar-refractivity contribution in [3.63, 3.8) is 0 Å². The van der Waals surface area contributed by atoms with E-state index in [0.29, 0.717) is 19.1 Å². The third kappa shape index (κ3) is 6.84. The van der Waals surface area contributed by atoms with E-state index in [1.807, 2.05) is 13.8 Å². The quantitative estimate of drug-likeness (QED) is 0.326. The fourth-order valence-corrected chi connectivity index (χ4v) is 3.76. The fraction of sp³-hybridized carbons (Fsp3) is 0.750. The maximum atomic E-state index is 12.0. The second kappa shape index (κ2) is 11.1. The lowest BCUT2D eigenvalue weighted by Crippen LogP contribution is -2.54. The highest BCUT2D eigenvalue weighted by molar-refractivity contribution is 14.0. The van der Waals surface area contributed by atoms with Crippen molar-refractivity contribution in [2.24, 2.45) is 4.99 Å². The van der Waals surface area contributed by atoms with Crippen LogP contribution < -0.4 is 10.6 Å². The van der Waals surface area contributed by atoms with Gasteiger partial charge in [0.2, 0.25) is 5.91 Å². The summed E-state index contributed by atoms with van der Waals surface area (Å²) in [5.41, 5.74) is 2.11. The molecule has 29 heavy (non-hydrogen) atoms. The number of piperazine rings is 1. The average molecular weight is 518 g/mol. The summed E-state index contributed by atoms with van der Waals surface area (Å²) in [6.07, 6.45) is 2.27. The largest absolute Gasteiger partial charge is 0.361 e. The minimum atomic E-state index is 0. The molecule has 9 heteroatoms. The number of nitrogens with one attached hydrogen (secondary N) is 2. The van der Waals surface area contributed by atoms with Crippen LogP contribution in [0, 0.1) is 13.8 Å². The van der Waals surface area contributed by atoms with Crippen LogP contribution >= 0.6 is 24.0 Å². The Morgan fingerprint density at radius 2 is 1.97 bits per heavy atom. The fourth-order valence-electron chi connectivity index (χ4n) is 3.76. The molecule has 0 radical (unpaired) electrons. The van der Waals surface area contributed by atoms with E-state index in [2.05, 4.69) is 39.4 Å². The predicted octanol–water partition coefficient (Wildman–Crippen LogP) is 1.87. The van der Waals surface area contributed by atoms with Gasteiger partial charge >= 0.3 is 0 Å². The molecule has 0 aromatic carbocycles. The summed E-state index contributed by atoms with van der Waals surface area (Å²) in [6.45, 7) is 13.7. The van der Waals surface area contributed by atoms with Crippen LogP contribution in [-0.2, 0) is 4.79 Å². The molecule has 1 amide bonds. The zero-order valence-electron chi connectivity index (χ0n) is 18.0. The van der Waals surface area contributed by atoms with Gasteiger partial charge in [0.05, 0.1) is 12.2 Å². The van der Waals surface area contributed by atoms with Crippen molar-refractivity contribution in [3.8, 4) is 0 Å². The zero-order chi connectivity index (χ0) is 20.1. The van der Waals surface area contributed by atoms with Gasteiger partial charge in [0.25, 0.3) is 0 Å². The molecular formula is C20H35IN6O2. The van der Waals surface area contributed by atoms with Crippen LogP contribution in [0.15, 0.2) is 9.52 Å². The van der Waals surface area contributed by atoms with Gasteiger partial charge in [-0.3, -0.25) is 14.7 Å². The lowest BCUT2D eigenvalue weighted by Gasteiger charge is -2.36. The molecule has 0 spiro atoms. The second-order valence-corrected chi connectivity index (χ2v) is 7.94. The Balaban J connectivity index is 0.00000300. The van der Waals surface area contributed by atoms with E-state index < -0.39 is 0 Å². The van der Waals surface area contributed by atoms with Gasteiger partial charge in [-0.1, -0.05) is 12.1 Å².